The molecule has 1 aliphatic carbocycles. The molecule has 0 aromatic heterocycles. The van der Waals surface area contributed by atoms with Gasteiger partial charge in [0.15, 0.2) is 5.78 Å². The van der Waals surface area contributed by atoms with Crippen molar-refractivity contribution in [2.24, 2.45) is 5.92 Å². The second-order valence-electron chi connectivity index (χ2n) is 6.35. The maximum atomic E-state index is 11.4. The van der Waals surface area contributed by atoms with Crippen LogP contribution in [0.15, 0.2) is 30.5 Å². The van der Waals surface area contributed by atoms with Crippen molar-refractivity contribution in [1.82, 2.24) is 0 Å². The molecule has 0 bridgehead atoms. The van der Waals surface area contributed by atoms with Crippen molar-refractivity contribution >= 4 is 11.9 Å². The number of benzene rings is 1. The lowest BCUT2D eigenvalue weighted by molar-refractivity contribution is -0.117. The number of ketones is 1. The second kappa shape index (κ2) is 7.44. The van der Waals surface area contributed by atoms with Gasteiger partial charge in [-0.05, 0) is 48.9 Å². The van der Waals surface area contributed by atoms with Crippen LogP contribution in [-0.4, -0.2) is 12.4 Å². The average molecular weight is 298 g/mol. The van der Waals surface area contributed by atoms with Gasteiger partial charge in [-0.15, -0.1) is 0 Å². The summed E-state index contributed by atoms with van der Waals surface area (Å²) in [5.41, 5.74) is 5.61. The molecule has 0 N–H and O–H groups in total. The number of carbonyl (C=O) groups excluding carboxylic acids is 1. The van der Waals surface area contributed by atoms with Crippen molar-refractivity contribution in [1.29, 1.82) is 0 Å². The zero-order valence-electron chi connectivity index (χ0n) is 14.1. The molecule has 1 aromatic carbocycles. The number of rotatable bonds is 7. The number of ether oxygens (including phenoxy) is 1. The lowest BCUT2D eigenvalue weighted by Crippen LogP contribution is -2.03. The van der Waals surface area contributed by atoms with Crippen LogP contribution in [0, 0.1) is 19.8 Å². The molecule has 0 aliphatic heterocycles. The van der Waals surface area contributed by atoms with E-state index < -0.39 is 0 Å². The van der Waals surface area contributed by atoms with E-state index in [-0.39, 0.29) is 11.7 Å². The average Bonchev–Trinajstić information content (AvgIpc) is 2.90. The molecule has 1 atom stereocenters. The van der Waals surface area contributed by atoms with Gasteiger partial charge in [-0.25, -0.2) is 0 Å². The molecule has 2 nitrogen and oxygen atoms in total. The van der Waals surface area contributed by atoms with Crippen LogP contribution in [0.1, 0.15) is 54.9 Å². The fraction of sp³-hybridized carbons (Fsp3) is 0.450. The normalized spacial score (nSPS) is 16.5. The summed E-state index contributed by atoms with van der Waals surface area (Å²) in [6.07, 6.45) is 9.67. The summed E-state index contributed by atoms with van der Waals surface area (Å²) in [4.78, 5) is 11.4. The summed E-state index contributed by atoms with van der Waals surface area (Å²) < 4.78 is 5.43. The van der Waals surface area contributed by atoms with Gasteiger partial charge in [0, 0.05) is 17.9 Å². The minimum absolute atomic E-state index is 0.0335. The van der Waals surface area contributed by atoms with Gasteiger partial charge in [-0.3, -0.25) is 4.79 Å². The van der Waals surface area contributed by atoms with E-state index in [4.69, 9.17) is 4.74 Å². The van der Waals surface area contributed by atoms with Crippen molar-refractivity contribution in [3.05, 3.63) is 52.8 Å². The number of hydrogen-bond donors (Lipinski definition) is 0. The van der Waals surface area contributed by atoms with E-state index in [9.17, 15) is 4.79 Å². The first-order valence-corrected chi connectivity index (χ1v) is 8.11. The highest BCUT2D eigenvalue weighted by Gasteiger charge is 2.19. The summed E-state index contributed by atoms with van der Waals surface area (Å²) in [6.45, 7) is 8.82. The highest BCUT2D eigenvalue weighted by molar-refractivity contribution is 5.90. The van der Waals surface area contributed by atoms with E-state index in [0.717, 1.165) is 12.8 Å². The van der Waals surface area contributed by atoms with E-state index in [1.165, 1.54) is 34.6 Å². The predicted molar refractivity (Wildman–Crippen MR) is 91.9 cm³/mol. The number of aryl methyl sites for hydroxylation is 1. The first-order valence-electron chi connectivity index (χ1n) is 8.11. The highest BCUT2D eigenvalue weighted by atomic mass is 16.5. The highest BCUT2D eigenvalue weighted by Crippen LogP contribution is 2.36. The Hall–Kier alpha value is -1.83. The first-order chi connectivity index (χ1) is 10.5. The summed E-state index contributed by atoms with van der Waals surface area (Å²) in [5, 5.41) is 0. The SMILES string of the molecule is Cc1ccc2c(c1C)C(CCCOC=CC(=O)C(C)C)C=C2. The van der Waals surface area contributed by atoms with E-state index >= 15 is 0 Å². The third-order valence-electron chi connectivity index (χ3n) is 4.37. The summed E-state index contributed by atoms with van der Waals surface area (Å²) in [5.74, 6) is 0.643. The fourth-order valence-corrected chi connectivity index (χ4v) is 2.81. The molecular weight excluding hydrogens is 272 g/mol. The van der Waals surface area contributed by atoms with Crippen LogP contribution in [-0.2, 0) is 9.53 Å². The van der Waals surface area contributed by atoms with Crippen LogP contribution in [0.2, 0.25) is 0 Å². The molecule has 1 unspecified atom stereocenters. The molecule has 1 aromatic rings. The van der Waals surface area contributed by atoms with Crippen LogP contribution in [0.4, 0.5) is 0 Å². The van der Waals surface area contributed by atoms with Gasteiger partial charge in [-0.1, -0.05) is 38.1 Å². The zero-order valence-corrected chi connectivity index (χ0v) is 14.1. The van der Waals surface area contributed by atoms with Gasteiger partial charge in [0.1, 0.15) is 0 Å². The smallest absolute Gasteiger partial charge is 0.161 e. The van der Waals surface area contributed by atoms with Crippen LogP contribution in [0.25, 0.3) is 6.08 Å². The molecule has 1 aliphatic rings. The van der Waals surface area contributed by atoms with E-state index in [1.807, 2.05) is 13.8 Å². The molecule has 2 rings (SSSR count). The molecule has 22 heavy (non-hydrogen) atoms. The Labute approximate surface area is 133 Å². The number of hydrogen-bond acceptors (Lipinski definition) is 2. The van der Waals surface area contributed by atoms with Crippen molar-refractivity contribution in [2.75, 3.05) is 6.61 Å². The Bertz CT molecular complexity index is 594. The topological polar surface area (TPSA) is 26.3 Å². The Kier molecular flexibility index (Phi) is 5.59. The number of carbonyl (C=O) groups is 1. The van der Waals surface area contributed by atoms with E-state index in [1.54, 1.807) is 0 Å². The van der Waals surface area contributed by atoms with Gasteiger partial charge in [0.05, 0.1) is 12.9 Å². The number of fused-ring (bicyclic) bond motifs is 1. The van der Waals surface area contributed by atoms with Crippen LogP contribution < -0.4 is 0 Å². The van der Waals surface area contributed by atoms with Crippen molar-refractivity contribution < 1.29 is 9.53 Å². The Morgan fingerprint density at radius 1 is 1.32 bits per heavy atom. The Balaban J connectivity index is 1.80. The molecule has 0 amide bonds. The molecule has 0 fully saturated rings. The quantitative estimate of drug-likeness (QED) is 0.404. The molecule has 0 saturated carbocycles. The van der Waals surface area contributed by atoms with E-state index in [0.29, 0.717) is 12.5 Å². The fourth-order valence-electron chi connectivity index (χ4n) is 2.81. The summed E-state index contributed by atoms with van der Waals surface area (Å²) >= 11 is 0. The monoisotopic (exact) mass is 298 g/mol. The molecule has 118 valence electrons. The minimum Gasteiger partial charge on any atom is -0.501 e. The molecule has 2 heteroatoms. The zero-order chi connectivity index (χ0) is 16.1. The van der Waals surface area contributed by atoms with Gasteiger partial charge in [-0.2, -0.15) is 0 Å². The predicted octanol–water partition coefficient (Wildman–Crippen LogP) is 4.95. The lowest BCUT2D eigenvalue weighted by atomic mass is 9.90. The van der Waals surface area contributed by atoms with Crippen molar-refractivity contribution in [3.63, 3.8) is 0 Å². The van der Waals surface area contributed by atoms with Crippen LogP contribution in [0.3, 0.4) is 0 Å². The second-order valence-corrected chi connectivity index (χ2v) is 6.35. The first kappa shape index (κ1) is 16.5. The van der Waals surface area contributed by atoms with Gasteiger partial charge in [0.2, 0.25) is 0 Å². The minimum atomic E-state index is 0.0335. The number of allylic oxidation sites excluding steroid dienone is 2. The Morgan fingerprint density at radius 3 is 2.82 bits per heavy atom. The largest absolute Gasteiger partial charge is 0.501 e. The Morgan fingerprint density at radius 2 is 2.09 bits per heavy atom. The third kappa shape index (κ3) is 3.88. The summed E-state index contributed by atoms with van der Waals surface area (Å²) in [7, 11) is 0. The lowest BCUT2D eigenvalue weighted by Gasteiger charge is -2.15. The summed E-state index contributed by atoms with van der Waals surface area (Å²) in [6, 6.07) is 4.41. The maximum Gasteiger partial charge on any atom is 0.161 e. The molecule has 0 saturated heterocycles. The van der Waals surface area contributed by atoms with Gasteiger partial charge < -0.3 is 4.74 Å². The van der Waals surface area contributed by atoms with Gasteiger partial charge >= 0.3 is 0 Å². The molecule has 0 spiro atoms. The van der Waals surface area contributed by atoms with E-state index in [2.05, 4.69) is 38.1 Å². The molecule has 0 heterocycles. The van der Waals surface area contributed by atoms with Crippen LogP contribution >= 0.6 is 0 Å². The molecular formula is C20H26O2. The van der Waals surface area contributed by atoms with Crippen LogP contribution in [0.5, 0.6) is 0 Å². The maximum absolute atomic E-state index is 11.4. The molecule has 0 radical (unpaired) electrons. The van der Waals surface area contributed by atoms with Crippen molar-refractivity contribution in [2.45, 2.75) is 46.5 Å². The van der Waals surface area contributed by atoms with Crippen molar-refractivity contribution in [3.8, 4) is 0 Å². The van der Waals surface area contributed by atoms with Gasteiger partial charge in [0.25, 0.3) is 0 Å². The standard InChI is InChI=1S/C20H26O2/c1-14(2)19(21)11-13-22-12-5-6-17-9-10-18-8-7-15(3)16(4)20(17)18/h7-11,13-14,17H,5-6,12H2,1-4H3. The third-order valence-corrected chi connectivity index (χ3v) is 4.37.